The van der Waals surface area contributed by atoms with Gasteiger partial charge in [0.05, 0.1) is 39.1 Å². The molecular formula is C25H24ClF2N3O3. The fraction of sp³-hybridized carbons (Fsp3) is 0.320. The number of fused-ring (bicyclic) bond motifs is 3. The van der Waals surface area contributed by atoms with Crippen LogP contribution in [0, 0.1) is 18.6 Å². The van der Waals surface area contributed by atoms with Crippen molar-refractivity contribution in [3.8, 4) is 0 Å². The van der Waals surface area contributed by atoms with E-state index in [0.29, 0.717) is 27.4 Å². The van der Waals surface area contributed by atoms with Crippen LogP contribution in [0.2, 0.25) is 5.02 Å². The van der Waals surface area contributed by atoms with Crippen LogP contribution < -0.4 is 0 Å². The average Bonchev–Trinajstić information content (AvgIpc) is 3.05. The summed E-state index contributed by atoms with van der Waals surface area (Å²) in [6.07, 6.45) is 0.994. The number of carbonyl (C=O) groups excluding carboxylic acids is 2. The molecule has 2 aromatic heterocycles. The maximum atomic E-state index is 13.8. The van der Waals surface area contributed by atoms with Crippen molar-refractivity contribution in [3.05, 3.63) is 69.6 Å². The van der Waals surface area contributed by atoms with Crippen LogP contribution in [0.1, 0.15) is 55.0 Å². The van der Waals surface area contributed by atoms with E-state index in [1.165, 1.54) is 17.2 Å². The Morgan fingerprint density at radius 2 is 1.91 bits per heavy atom. The molecule has 0 spiro atoms. The highest BCUT2D eigenvalue weighted by atomic mass is 35.5. The molecule has 0 unspecified atom stereocenters. The van der Waals surface area contributed by atoms with E-state index in [9.17, 15) is 18.4 Å². The van der Waals surface area contributed by atoms with Crippen molar-refractivity contribution in [2.45, 2.75) is 46.1 Å². The lowest BCUT2D eigenvalue weighted by atomic mass is 9.83. The highest BCUT2D eigenvalue weighted by molar-refractivity contribution is 6.31. The SMILES string of the molecule is Cc1nc2c3c([nH]c2cc1Cl)C(C(=O)OC(C)C)=CN(C(=O)c1ccc(F)c(F)c1)CC3(C)C. The molecule has 1 N–H and O–H groups in total. The first-order valence-electron chi connectivity index (χ1n) is 10.8. The number of nitrogens with one attached hydrogen (secondary N) is 1. The van der Waals surface area contributed by atoms with E-state index in [-0.39, 0.29) is 17.7 Å². The molecule has 178 valence electrons. The number of halogens is 3. The number of rotatable bonds is 3. The van der Waals surface area contributed by atoms with Crippen molar-refractivity contribution in [3.63, 3.8) is 0 Å². The minimum absolute atomic E-state index is 0.0429. The van der Waals surface area contributed by atoms with Gasteiger partial charge in [0.15, 0.2) is 11.6 Å². The number of carbonyl (C=O) groups is 2. The van der Waals surface area contributed by atoms with Gasteiger partial charge in [-0.25, -0.2) is 18.6 Å². The van der Waals surface area contributed by atoms with Gasteiger partial charge in [0.25, 0.3) is 5.91 Å². The Hall–Kier alpha value is -3.26. The quantitative estimate of drug-likeness (QED) is 0.493. The van der Waals surface area contributed by atoms with Crippen LogP contribution in [0.25, 0.3) is 16.6 Å². The predicted molar refractivity (Wildman–Crippen MR) is 125 cm³/mol. The molecule has 1 amide bonds. The maximum Gasteiger partial charge on any atom is 0.342 e. The average molecular weight is 488 g/mol. The summed E-state index contributed by atoms with van der Waals surface area (Å²) in [4.78, 5) is 35.7. The summed E-state index contributed by atoms with van der Waals surface area (Å²) in [5.74, 6) is -3.39. The summed E-state index contributed by atoms with van der Waals surface area (Å²) in [5, 5.41) is 0.479. The standard InChI is InChI=1S/C25H24ClF2N3O3/c1-12(2)34-24(33)15-10-31(23(32)14-6-7-17(27)18(28)8-14)11-25(4,5)20-21(15)30-19-9-16(26)13(3)29-22(19)20/h6-10,12,30H,11H2,1-5H3. The second kappa shape index (κ2) is 8.51. The Bertz CT molecular complexity index is 1360. The number of hydrogen-bond acceptors (Lipinski definition) is 4. The largest absolute Gasteiger partial charge is 0.459 e. The first kappa shape index (κ1) is 23.9. The van der Waals surface area contributed by atoms with Crippen LogP contribution >= 0.6 is 11.6 Å². The summed E-state index contributed by atoms with van der Waals surface area (Å²) in [6, 6.07) is 4.70. The number of esters is 1. The minimum atomic E-state index is -1.13. The zero-order valence-electron chi connectivity index (χ0n) is 19.4. The number of H-pyrrole nitrogens is 1. The van der Waals surface area contributed by atoms with Gasteiger partial charge < -0.3 is 14.6 Å². The Labute approximate surface area is 200 Å². The fourth-order valence-corrected chi connectivity index (χ4v) is 4.32. The molecule has 1 aliphatic rings. The molecule has 0 aliphatic carbocycles. The lowest BCUT2D eigenvalue weighted by Gasteiger charge is -2.29. The summed E-state index contributed by atoms with van der Waals surface area (Å²) in [7, 11) is 0. The van der Waals surface area contributed by atoms with Gasteiger partial charge in [-0.1, -0.05) is 25.4 Å². The number of benzene rings is 1. The van der Waals surface area contributed by atoms with E-state index < -0.39 is 35.0 Å². The van der Waals surface area contributed by atoms with Crippen LogP contribution in [-0.4, -0.2) is 39.4 Å². The second-order valence-corrected chi connectivity index (χ2v) is 9.68. The zero-order chi connectivity index (χ0) is 24.9. The minimum Gasteiger partial charge on any atom is -0.459 e. The maximum absolute atomic E-state index is 13.8. The van der Waals surface area contributed by atoms with Crippen molar-refractivity contribution in [2.24, 2.45) is 0 Å². The van der Waals surface area contributed by atoms with Gasteiger partial charge in [0.1, 0.15) is 0 Å². The molecule has 1 aliphatic heterocycles. The number of aryl methyl sites for hydroxylation is 1. The first-order chi connectivity index (χ1) is 15.9. The number of aromatic nitrogens is 2. The Balaban J connectivity index is 1.92. The normalized spacial score (nSPS) is 15.2. The zero-order valence-corrected chi connectivity index (χ0v) is 20.2. The number of hydrogen-bond donors (Lipinski definition) is 1. The van der Waals surface area contributed by atoms with Gasteiger partial charge in [0.2, 0.25) is 0 Å². The number of amides is 1. The number of aromatic amines is 1. The summed E-state index contributed by atoms with van der Waals surface area (Å²) in [5.41, 5.74) is 2.50. The van der Waals surface area contributed by atoms with E-state index in [4.69, 9.17) is 16.3 Å². The Morgan fingerprint density at radius 3 is 2.56 bits per heavy atom. The molecule has 0 saturated carbocycles. The van der Waals surface area contributed by atoms with Crippen LogP contribution in [0.15, 0.2) is 30.5 Å². The third kappa shape index (κ3) is 4.18. The third-order valence-corrected chi connectivity index (χ3v) is 6.07. The molecule has 4 rings (SSSR count). The van der Waals surface area contributed by atoms with E-state index in [2.05, 4.69) is 9.97 Å². The van der Waals surface area contributed by atoms with Gasteiger partial charge in [-0.3, -0.25) is 4.79 Å². The van der Waals surface area contributed by atoms with Crippen LogP contribution in [0.3, 0.4) is 0 Å². The predicted octanol–water partition coefficient (Wildman–Crippen LogP) is 5.53. The molecule has 1 aromatic carbocycles. The van der Waals surface area contributed by atoms with Crippen molar-refractivity contribution >= 4 is 40.1 Å². The highest BCUT2D eigenvalue weighted by Crippen LogP contribution is 2.41. The lowest BCUT2D eigenvalue weighted by Crippen LogP contribution is -2.37. The summed E-state index contributed by atoms with van der Waals surface area (Å²) >= 11 is 6.28. The van der Waals surface area contributed by atoms with Gasteiger partial charge in [-0.05, 0) is 45.0 Å². The molecular weight excluding hydrogens is 464 g/mol. The topological polar surface area (TPSA) is 75.3 Å². The van der Waals surface area contributed by atoms with E-state index in [0.717, 1.165) is 17.7 Å². The molecule has 34 heavy (non-hydrogen) atoms. The smallest absolute Gasteiger partial charge is 0.342 e. The highest BCUT2D eigenvalue weighted by Gasteiger charge is 2.38. The van der Waals surface area contributed by atoms with Crippen LogP contribution in [0.5, 0.6) is 0 Å². The Kier molecular flexibility index (Phi) is 5.97. The van der Waals surface area contributed by atoms with Crippen molar-refractivity contribution < 1.29 is 23.1 Å². The fourth-order valence-electron chi connectivity index (χ4n) is 4.17. The van der Waals surface area contributed by atoms with Crippen LogP contribution in [-0.2, 0) is 14.9 Å². The van der Waals surface area contributed by atoms with Crippen molar-refractivity contribution in [1.29, 1.82) is 0 Å². The van der Waals surface area contributed by atoms with Crippen molar-refractivity contribution in [2.75, 3.05) is 6.54 Å². The van der Waals surface area contributed by atoms with Gasteiger partial charge in [-0.15, -0.1) is 0 Å². The molecule has 0 radical (unpaired) electrons. The van der Waals surface area contributed by atoms with Crippen molar-refractivity contribution in [1.82, 2.24) is 14.9 Å². The third-order valence-electron chi connectivity index (χ3n) is 5.68. The second-order valence-electron chi connectivity index (χ2n) is 9.27. The molecule has 3 aromatic rings. The Morgan fingerprint density at radius 1 is 1.21 bits per heavy atom. The van der Waals surface area contributed by atoms with E-state index >= 15 is 0 Å². The molecule has 6 nitrogen and oxygen atoms in total. The molecule has 0 saturated heterocycles. The lowest BCUT2D eigenvalue weighted by molar-refractivity contribution is -0.140. The number of nitrogens with zero attached hydrogens (tertiary/aromatic N) is 2. The van der Waals surface area contributed by atoms with Gasteiger partial charge in [-0.2, -0.15) is 0 Å². The summed E-state index contributed by atoms with van der Waals surface area (Å²) in [6.45, 7) is 9.21. The number of ether oxygens (including phenoxy) is 1. The molecule has 0 atom stereocenters. The van der Waals surface area contributed by atoms with Gasteiger partial charge >= 0.3 is 5.97 Å². The molecule has 0 fully saturated rings. The summed E-state index contributed by atoms with van der Waals surface area (Å²) < 4.78 is 32.7. The van der Waals surface area contributed by atoms with Gasteiger partial charge in [0, 0.05) is 29.3 Å². The molecule has 3 heterocycles. The number of pyridine rings is 1. The molecule has 9 heteroatoms. The van der Waals surface area contributed by atoms with E-state index in [1.807, 2.05) is 13.8 Å². The molecule has 0 bridgehead atoms. The van der Waals surface area contributed by atoms with Crippen LogP contribution in [0.4, 0.5) is 8.78 Å². The van der Waals surface area contributed by atoms with E-state index in [1.54, 1.807) is 26.8 Å². The monoisotopic (exact) mass is 487 g/mol. The first-order valence-corrected chi connectivity index (χ1v) is 11.2.